The predicted molar refractivity (Wildman–Crippen MR) is 69.2 cm³/mol. The average Bonchev–Trinajstić information content (AvgIpc) is 2.28. The van der Waals surface area contributed by atoms with Crippen molar-refractivity contribution in [3.05, 3.63) is 47.5 Å². The molecule has 0 aromatic heterocycles. The van der Waals surface area contributed by atoms with Crippen LogP contribution in [-0.2, 0) is 4.79 Å². The Morgan fingerprint density at radius 2 is 2.25 bits per heavy atom. The van der Waals surface area contributed by atoms with Crippen molar-refractivity contribution in [3.8, 4) is 0 Å². The molecule has 0 N–H and O–H groups in total. The van der Waals surface area contributed by atoms with Crippen molar-refractivity contribution in [1.82, 2.24) is 0 Å². The Morgan fingerprint density at radius 1 is 1.56 bits per heavy atom. The number of hydrogen-bond acceptors (Lipinski definition) is 1. The molecule has 1 rings (SSSR count). The molecular formula is C15H18O. The van der Waals surface area contributed by atoms with Gasteiger partial charge < -0.3 is 0 Å². The first kappa shape index (κ1) is 12.5. The largest absolute Gasteiger partial charge is 0.233 e. The minimum Gasteiger partial charge on any atom is -0.233 e. The fraction of sp³-hybridized carbons (Fsp3) is 0.333. The number of hydrogen-bond donors (Lipinski definition) is 0. The van der Waals surface area contributed by atoms with Gasteiger partial charge in [0.1, 0.15) is 5.94 Å². The number of carbonyl (C=O) groups excluding carboxylic acids is 1. The summed E-state index contributed by atoms with van der Waals surface area (Å²) < 4.78 is 0. The van der Waals surface area contributed by atoms with E-state index < -0.39 is 0 Å². The Kier molecular flexibility index (Phi) is 4.28. The predicted octanol–water partition coefficient (Wildman–Crippen LogP) is 3.91. The van der Waals surface area contributed by atoms with Crippen molar-refractivity contribution < 1.29 is 4.79 Å². The maximum atomic E-state index is 10.6. The van der Waals surface area contributed by atoms with Gasteiger partial charge in [0.05, 0.1) is 0 Å². The highest BCUT2D eigenvalue weighted by Gasteiger charge is 2.08. The van der Waals surface area contributed by atoms with Gasteiger partial charge in [-0.2, -0.15) is 0 Å². The van der Waals surface area contributed by atoms with Crippen molar-refractivity contribution in [2.45, 2.75) is 33.1 Å². The molecule has 0 spiro atoms. The van der Waals surface area contributed by atoms with Gasteiger partial charge >= 0.3 is 0 Å². The third-order valence-corrected chi connectivity index (χ3v) is 2.91. The molecule has 0 fully saturated rings. The van der Waals surface area contributed by atoms with E-state index in [-0.39, 0.29) is 0 Å². The van der Waals surface area contributed by atoms with E-state index in [9.17, 15) is 4.79 Å². The van der Waals surface area contributed by atoms with Crippen LogP contribution in [0.1, 0.15) is 42.9 Å². The van der Waals surface area contributed by atoms with Crippen LogP contribution < -0.4 is 0 Å². The summed E-state index contributed by atoms with van der Waals surface area (Å²) in [7, 11) is 0. The summed E-state index contributed by atoms with van der Waals surface area (Å²) in [6.07, 6.45) is 2.91. The van der Waals surface area contributed by atoms with Gasteiger partial charge in [0.25, 0.3) is 0 Å². The molecule has 1 aromatic carbocycles. The molecule has 1 nitrogen and oxygen atoms in total. The Hall–Kier alpha value is -1.59. The van der Waals surface area contributed by atoms with Crippen molar-refractivity contribution in [1.29, 1.82) is 0 Å². The van der Waals surface area contributed by atoms with Crippen LogP contribution in [0.4, 0.5) is 0 Å². The smallest absolute Gasteiger partial charge is 0.128 e. The maximum absolute atomic E-state index is 10.6. The Labute approximate surface area is 97.5 Å². The molecule has 0 radical (unpaired) electrons. The van der Waals surface area contributed by atoms with Gasteiger partial charge in [0.15, 0.2) is 0 Å². The number of rotatable bonds is 4. The van der Waals surface area contributed by atoms with Gasteiger partial charge in [0.2, 0.25) is 0 Å². The molecular weight excluding hydrogens is 196 g/mol. The Morgan fingerprint density at radius 3 is 2.75 bits per heavy atom. The van der Waals surface area contributed by atoms with E-state index in [1.54, 1.807) is 6.92 Å². The van der Waals surface area contributed by atoms with Crippen LogP contribution in [-0.4, -0.2) is 5.94 Å². The second-order valence-electron chi connectivity index (χ2n) is 4.22. The molecule has 1 aromatic rings. The number of allylic oxidation sites excluding steroid dienone is 2. The first-order chi connectivity index (χ1) is 7.60. The van der Waals surface area contributed by atoms with E-state index in [0.717, 1.165) is 12.0 Å². The van der Waals surface area contributed by atoms with Gasteiger partial charge in [-0.05, 0) is 42.9 Å². The zero-order valence-electron chi connectivity index (χ0n) is 10.2. The van der Waals surface area contributed by atoms with Crippen LogP contribution >= 0.6 is 0 Å². The van der Waals surface area contributed by atoms with E-state index in [0.29, 0.717) is 11.5 Å². The SMILES string of the molecule is C=CCC(C)c1ccc(C(C)=C=O)cc1C. The molecule has 0 saturated carbocycles. The molecule has 0 aliphatic rings. The van der Waals surface area contributed by atoms with Gasteiger partial charge in [-0.15, -0.1) is 6.58 Å². The maximum Gasteiger partial charge on any atom is 0.128 e. The quantitative estimate of drug-likeness (QED) is 0.548. The highest BCUT2D eigenvalue weighted by Crippen LogP contribution is 2.25. The highest BCUT2D eigenvalue weighted by molar-refractivity contribution is 5.86. The summed E-state index contributed by atoms with van der Waals surface area (Å²) in [5.74, 6) is 2.41. The molecule has 84 valence electrons. The van der Waals surface area contributed by atoms with Gasteiger partial charge in [-0.25, -0.2) is 4.79 Å². The molecule has 16 heavy (non-hydrogen) atoms. The molecule has 0 heterocycles. The minimum absolute atomic E-state index is 0.479. The van der Waals surface area contributed by atoms with Gasteiger partial charge in [-0.3, -0.25) is 0 Å². The van der Waals surface area contributed by atoms with Crippen molar-refractivity contribution >= 4 is 11.5 Å². The van der Waals surface area contributed by atoms with Crippen LogP contribution in [0.25, 0.3) is 5.57 Å². The molecule has 0 amide bonds. The lowest BCUT2D eigenvalue weighted by atomic mass is 9.91. The van der Waals surface area contributed by atoms with Gasteiger partial charge in [-0.1, -0.05) is 31.2 Å². The van der Waals surface area contributed by atoms with E-state index in [1.165, 1.54) is 11.1 Å². The van der Waals surface area contributed by atoms with Gasteiger partial charge in [0, 0.05) is 5.57 Å². The number of benzene rings is 1. The fourth-order valence-corrected chi connectivity index (χ4v) is 1.90. The van der Waals surface area contributed by atoms with E-state index in [4.69, 9.17) is 0 Å². The monoisotopic (exact) mass is 214 g/mol. The second-order valence-corrected chi connectivity index (χ2v) is 4.22. The highest BCUT2D eigenvalue weighted by atomic mass is 16.1. The van der Waals surface area contributed by atoms with Crippen LogP contribution in [0.15, 0.2) is 30.9 Å². The molecule has 0 bridgehead atoms. The Balaban J connectivity index is 3.09. The molecule has 1 unspecified atom stereocenters. The van der Waals surface area contributed by atoms with Crippen molar-refractivity contribution in [2.75, 3.05) is 0 Å². The third-order valence-electron chi connectivity index (χ3n) is 2.91. The summed E-state index contributed by atoms with van der Waals surface area (Å²) in [6.45, 7) is 9.81. The summed E-state index contributed by atoms with van der Waals surface area (Å²) in [6, 6.07) is 6.14. The van der Waals surface area contributed by atoms with Crippen molar-refractivity contribution in [2.24, 2.45) is 0 Å². The van der Waals surface area contributed by atoms with E-state index in [1.807, 2.05) is 18.1 Å². The fourth-order valence-electron chi connectivity index (χ4n) is 1.90. The molecule has 1 atom stereocenters. The summed E-state index contributed by atoms with van der Waals surface area (Å²) >= 11 is 0. The zero-order valence-corrected chi connectivity index (χ0v) is 10.2. The molecule has 1 heteroatoms. The van der Waals surface area contributed by atoms with Crippen LogP contribution in [0.3, 0.4) is 0 Å². The first-order valence-corrected chi connectivity index (χ1v) is 5.53. The lowest BCUT2D eigenvalue weighted by Gasteiger charge is -2.13. The second kappa shape index (κ2) is 5.48. The van der Waals surface area contributed by atoms with Crippen LogP contribution in [0.5, 0.6) is 0 Å². The number of aryl methyl sites for hydroxylation is 1. The lowest BCUT2D eigenvalue weighted by Crippen LogP contribution is -1.96. The normalized spacial score (nSPS) is 11.7. The summed E-state index contributed by atoms with van der Waals surface area (Å²) in [5, 5.41) is 0. The van der Waals surface area contributed by atoms with E-state index in [2.05, 4.69) is 32.6 Å². The molecule has 0 aliphatic carbocycles. The van der Waals surface area contributed by atoms with Crippen molar-refractivity contribution in [3.63, 3.8) is 0 Å². The Bertz CT molecular complexity index is 437. The van der Waals surface area contributed by atoms with Crippen LogP contribution in [0.2, 0.25) is 0 Å². The van der Waals surface area contributed by atoms with E-state index >= 15 is 0 Å². The molecule has 0 saturated heterocycles. The topological polar surface area (TPSA) is 17.1 Å². The first-order valence-electron chi connectivity index (χ1n) is 5.53. The zero-order chi connectivity index (χ0) is 12.1. The summed E-state index contributed by atoms with van der Waals surface area (Å²) in [4.78, 5) is 10.6. The average molecular weight is 214 g/mol. The molecule has 0 aliphatic heterocycles. The van der Waals surface area contributed by atoms with Crippen LogP contribution in [0, 0.1) is 6.92 Å². The summed E-state index contributed by atoms with van der Waals surface area (Å²) in [5.41, 5.74) is 4.16. The standard InChI is InChI=1S/C15H18O/c1-5-6-11(2)15-8-7-14(9-12(15)3)13(4)10-16/h5,7-9,11H,1,6H2,2-4H3. The third kappa shape index (κ3) is 2.71. The minimum atomic E-state index is 0.479. The lowest BCUT2D eigenvalue weighted by molar-refractivity contribution is 0.569.